The molecule has 0 aromatic carbocycles. The van der Waals surface area contributed by atoms with Crippen LogP contribution in [0.2, 0.25) is 4.34 Å². The molecule has 1 unspecified atom stereocenters. The zero-order valence-electron chi connectivity index (χ0n) is 14.9. The zero-order valence-corrected chi connectivity index (χ0v) is 17.3. The van der Waals surface area contributed by atoms with Crippen LogP contribution in [0, 0.1) is 5.92 Å². The Morgan fingerprint density at radius 3 is 2.52 bits per heavy atom. The van der Waals surface area contributed by atoms with Crippen LogP contribution in [0.3, 0.4) is 0 Å². The molecule has 0 radical (unpaired) electrons. The van der Waals surface area contributed by atoms with Crippen LogP contribution in [-0.4, -0.2) is 18.2 Å². The number of halogens is 1. The van der Waals surface area contributed by atoms with E-state index >= 15 is 0 Å². The molecule has 0 amide bonds. The maximum atomic E-state index is 12.8. The number of sulfonamides is 1. The monoisotopic (exact) mass is 403 g/mol. The van der Waals surface area contributed by atoms with Crippen molar-refractivity contribution in [3.63, 3.8) is 0 Å². The van der Waals surface area contributed by atoms with E-state index in [1.165, 1.54) is 0 Å². The topological polar surface area (TPSA) is 64.0 Å². The maximum absolute atomic E-state index is 12.8. The summed E-state index contributed by atoms with van der Waals surface area (Å²) in [5.74, 6) is 0.197. The Labute approximate surface area is 159 Å². The SMILES string of the molecule is CCCCn1nccc1C(NS(=O)(=O)c1ccc(Cl)s1)C(CC)CC. The lowest BCUT2D eigenvalue weighted by Crippen LogP contribution is -2.34. The van der Waals surface area contributed by atoms with Crippen molar-refractivity contribution in [2.45, 2.75) is 63.3 Å². The first kappa shape index (κ1) is 20.4. The van der Waals surface area contributed by atoms with Crippen LogP contribution >= 0.6 is 22.9 Å². The molecule has 0 spiro atoms. The number of nitrogens with zero attached hydrogens (tertiary/aromatic N) is 2. The van der Waals surface area contributed by atoms with Gasteiger partial charge in [0.05, 0.1) is 16.1 Å². The number of aromatic nitrogens is 2. The van der Waals surface area contributed by atoms with Gasteiger partial charge in [-0.15, -0.1) is 11.3 Å². The lowest BCUT2D eigenvalue weighted by atomic mass is 9.92. The van der Waals surface area contributed by atoms with Gasteiger partial charge in [0, 0.05) is 12.7 Å². The number of hydrogen-bond donors (Lipinski definition) is 1. The number of hydrogen-bond acceptors (Lipinski definition) is 4. The molecule has 2 heterocycles. The molecule has 1 atom stereocenters. The minimum absolute atomic E-state index is 0.197. The Morgan fingerprint density at radius 2 is 1.96 bits per heavy atom. The average molecular weight is 404 g/mol. The molecular weight excluding hydrogens is 378 g/mol. The molecule has 140 valence electrons. The molecule has 0 aliphatic heterocycles. The third kappa shape index (κ3) is 5.06. The third-order valence-electron chi connectivity index (χ3n) is 4.41. The van der Waals surface area contributed by atoms with Crippen LogP contribution in [0.4, 0.5) is 0 Å². The van der Waals surface area contributed by atoms with Gasteiger partial charge in [0.1, 0.15) is 4.21 Å². The number of nitrogens with one attached hydrogen (secondary N) is 1. The Balaban J connectivity index is 2.35. The Morgan fingerprint density at radius 1 is 1.24 bits per heavy atom. The van der Waals surface area contributed by atoms with Gasteiger partial charge in [0.15, 0.2) is 0 Å². The van der Waals surface area contributed by atoms with E-state index in [2.05, 4.69) is 30.6 Å². The molecule has 8 heteroatoms. The zero-order chi connectivity index (χ0) is 18.4. The molecule has 5 nitrogen and oxygen atoms in total. The smallest absolute Gasteiger partial charge is 0.250 e. The van der Waals surface area contributed by atoms with Gasteiger partial charge >= 0.3 is 0 Å². The second kappa shape index (κ2) is 9.16. The molecule has 0 aliphatic rings. The van der Waals surface area contributed by atoms with Gasteiger partial charge in [-0.05, 0) is 30.5 Å². The first-order valence-corrected chi connectivity index (χ1v) is 11.4. The lowest BCUT2D eigenvalue weighted by molar-refractivity contribution is 0.355. The minimum atomic E-state index is -3.62. The second-order valence-corrected chi connectivity index (χ2v) is 9.72. The Hall–Kier alpha value is -0.890. The van der Waals surface area contributed by atoms with E-state index in [1.807, 2.05) is 10.7 Å². The number of unbranched alkanes of at least 4 members (excludes halogenated alkanes) is 1. The summed E-state index contributed by atoms with van der Waals surface area (Å²) in [6, 6.07) is 4.77. The van der Waals surface area contributed by atoms with Crippen LogP contribution < -0.4 is 4.72 Å². The molecule has 0 aliphatic carbocycles. The highest BCUT2D eigenvalue weighted by Gasteiger charge is 2.29. The summed E-state index contributed by atoms with van der Waals surface area (Å²) in [5, 5.41) is 4.40. The molecule has 1 N–H and O–H groups in total. The first-order chi connectivity index (χ1) is 11.9. The second-order valence-electron chi connectivity index (χ2n) is 6.07. The first-order valence-electron chi connectivity index (χ1n) is 8.72. The standard InChI is InChI=1S/C17H26ClN3O2S2/c1-4-7-12-21-14(10-11-19-21)17(13(5-2)6-3)20-25(22,23)16-9-8-15(18)24-16/h8-11,13,17,20H,4-7,12H2,1-3H3. The van der Waals surface area contributed by atoms with Gasteiger partial charge in [0.2, 0.25) is 0 Å². The van der Waals surface area contributed by atoms with Crippen molar-refractivity contribution in [2.24, 2.45) is 5.92 Å². The van der Waals surface area contributed by atoms with Gasteiger partial charge in [0.25, 0.3) is 10.0 Å². The van der Waals surface area contributed by atoms with Crippen molar-refractivity contribution >= 4 is 33.0 Å². The van der Waals surface area contributed by atoms with Crippen molar-refractivity contribution in [1.29, 1.82) is 0 Å². The normalized spacial score (nSPS) is 13.5. The molecule has 25 heavy (non-hydrogen) atoms. The van der Waals surface area contributed by atoms with E-state index in [4.69, 9.17) is 11.6 Å². The quantitative estimate of drug-likeness (QED) is 0.616. The van der Waals surface area contributed by atoms with E-state index in [-0.39, 0.29) is 16.2 Å². The van der Waals surface area contributed by atoms with Crippen molar-refractivity contribution < 1.29 is 8.42 Å². The van der Waals surface area contributed by atoms with Crippen LogP contribution in [0.5, 0.6) is 0 Å². The predicted octanol–water partition coefficient (Wildman–Crippen LogP) is 4.85. The summed E-state index contributed by atoms with van der Waals surface area (Å²) in [6.07, 6.45) is 5.59. The third-order valence-corrected chi connectivity index (χ3v) is 7.57. The summed E-state index contributed by atoms with van der Waals surface area (Å²) >= 11 is 6.99. The summed E-state index contributed by atoms with van der Waals surface area (Å²) in [4.78, 5) is 0. The van der Waals surface area contributed by atoms with E-state index in [9.17, 15) is 8.42 Å². The maximum Gasteiger partial charge on any atom is 0.250 e. The molecule has 0 fully saturated rings. The van der Waals surface area contributed by atoms with Crippen molar-refractivity contribution in [3.05, 3.63) is 34.4 Å². The van der Waals surface area contributed by atoms with E-state index < -0.39 is 10.0 Å². The fourth-order valence-corrected chi connectivity index (χ4v) is 5.70. The van der Waals surface area contributed by atoms with Crippen molar-refractivity contribution in [2.75, 3.05) is 0 Å². The molecule has 0 bridgehead atoms. The Bertz CT molecular complexity index is 766. The molecule has 2 aromatic heterocycles. The molecule has 0 saturated heterocycles. The average Bonchev–Trinajstić information content (AvgIpc) is 3.22. The van der Waals surface area contributed by atoms with E-state index in [1.54, 1.807) is 18.3 Å². The van der Waals surface area contributed by atoms with Crippen molar-refractivity contribution in [1.82, 2.24) is 14.5 Å². The number of thiophene rings is 1. The highest BCUT2D eigenvalue weighted by Crippen LogP contribution is 2.32. The predicted molar refractivity (Wildman–Crippen MR) is 104 cm³/mol. The van der Waals surface area contributed by atoms with E-state index in [0.717, 1.165) is 49.3 Å². The summed E-state index contributed by atoms with van der Waals surface area (Å²) < 4.78 is 31.2. The van der Waals surface area contributed by atoms with Gasteiger partial charge in [-0.1, -0.05) is 51.6 Å². The van der Waals surface area contributed by atoms with E-state index in [0.29, 0.717) is 4.34 Å². The van der Waals surface area contributed by atoms with Crippen LogP contribution in [-0.2, 0) is 16.6 Å². The molecule has 2 aromatic rings. The van der Waals surface area contributed by atoms with Crippen LogP contribution in [0.25, 0.3) is 0 Å². The fraction of sp³-hybridized carbons (Fsp3) is 0.588. The van der Waals surface area contributed by atoms with Gasteiger partial charge in [-0.25, -0.2) is 13.1 Å². The lowest BCUT2D eigenvalue weighted by Gasteiger charge is -2.27. The molecule has 2 rings (SSSR count). The van der Waals surface area contributed by atoms with Crippen LogP contribution in [0.1, 0.15) is 58.2 Å². The number of rotatable bonds is 10. The Kier molecular flexibility index (Phi) is 7.49. The summed E-state index contributed by atoms with van der Waals surface area (Å²) in [6.45, 7) is 7.10. The van der Waals surface area contributed by atoms with Gasteiger partial charge in [-0.3, -0.25) is 4.68 Å². The highest BCUT2D eigenvalue weighted by atomic mass is 35.5. The highest BCUT2D eigenvalue weighted by molar-refractivity contribution is 7.91. The van der Waals surface area contributed by atoms with Gasteiger partial charge < -0.3 is 0 Å². The summed E-state index contributed by atoms with van der Waals surface area (Å²) in [7, 11) is -3.62. The number of aryl methyl sites for hydroxylation is 1. The fourth-order valence-electron chi connectivity index (χ4n) is 2.93. The van der Waals surface area contributed by atoms with Crippen LogP contribution in [0.15, 0.2) is 28.6 Å². The van der Waals surface area contributed by atoms with Crippen molar-refractivity contribution in [3.8, 4) is 0 Å². The molecule has 0 saturated carbocycles. The van der Waals surface area contributed by atoms with Gasteiger partial charge in [-0.2, -0.15) is 5.10 Å². The largest absolute Gasteiger partial charge is 0.268 e. The minimum Gasteiger partial charge on any atom is -0.268 e. The summed E-state index contributed by atoms with van der Waals surface area (Å²) in [5.41, 5.74) is 0.924. The molecular formula is C17H26ClN3O2S2.